The topological polar surface area (TPSA) is 83.5 Å². The van der Waals surface area contributed by atoms with Crippen LogP contribution < -0.4 is 5.73 Å². The molecule has 0 bridgehead atoms. The molecule has 0 radical (unpaired) electrons. The zero-order chi connectivity index (χ0) is 12.3. The molecule has 1 aromatic rings. The van der Waals surface area contributed by atoms with Gasteiger partial charge in [-0.3, -0.25) is 10.5 Å². The Bertz CT molecular complexity index is 404. The first-order valence-electron chi connectivity index (χ1n) is 4.89. The van der Waals surface area contributed by atoms with Crippen molar-refractivity contribution in [2.24, 2.45) is 5.73 Å². The Balaban J connectivity index is 3.28. The lowest BCUT2D eigenvalue weighted by Crippen LogP contribution is -2.36. The predicted octanol–water partition coefficient (Wildman–Crippen LogP) is 1.48. The molecule has 16 heavy (non-hydrogen) atoms. The van der Waals surface area contributed by atoms with Gasteiger partial charge in [-0.1, -0.05) is 30.7 Å². The first-order chi connectivity index (χ1) is 7.38. The van der Waals surface area contributed by atoms with Gasteiger partial charge in [-0.15, -0.1) is 0 Å². The maximum absolute atomic E-state index is 10.7. The van der Waals surface area contributed by atoms with Gasteiger partial charge in [0, 0.05) is 10.6 Å². The molecule has 0 fully saturated rings. The second kappa shape index (κ2) is 4.82. The molecule has 1 unspecified atom stereocenters. The van der Waals surface area contributed by atoms with Crippen molar-refractivity contribution in [2.75, 3.05) is 0 Å². The van der Waals surface area contributed by atoms with E-state index in [9.17, 15) is 9.90 Å². The van der Waals surface area contributed by atoms with Crippen LogP contribution >= 0.6 is 11.6 Å². The van der Waals surface area contributed by atoms with Gasteiger partial charge in [0.25, 0.3) is 0 Å². The van der Waals surface area contributed by atoms with E-state index in [1.54, 1.807) is 25.1 Å². The monoisotopic (exact) mass is 243 g/mol. The lowest BCUT2D eigenvalue weighted by atomic mass is 9.94. The second-order valence-corrected chi connectivity index (χ2v) is 4.02. The maximum atomic E-state index is 10.7. The number of carboxylic acids is 1. The number of benzene rings is 1. The van der Waals surface area contributed by atoms with E-state index >= 15 is 0 Å². The van der Waals surface area contributed by atoms with E-state index in [-0.39, 0.29) is 12.8 Å². The van der Waals surface area contributed by atoms with Gasteiger partial charge < -0.3 is 10.2 Å². The number of carbonyl (C=O) groups is 1. The highest BCUT2D eigenvalue weighted by molar-refractivity contribution is 6.31. The second-order valence-electron chi connectivity index (χ2n) is 3.61. The molecule has 0 saturated carbocycles. The summed E-state index contributed by atoms with van der Waals surface area (Å²) in [5, 5.41) is 19.0. The molecule has 1 aromatic carbocycles. The van der Waals surface area contributed by atoms with E-state index in [2.05, 4.69) is 0 Å². The highest BCUT2D eigenvalue weighted by atomic mass is 35.5. The van der Waals surface area contributed by atoms with E-state index in [0.717, 1.165) is 0 Å². The highest BCUT2D eigenvalue weighted by Gasteiger charge is 2.26. The van der Waals surface area contributed by atoms with Crippen LogP contribution in [-0.4, -0.2) is 16.2 Å². The summed E-state index contributed by atoms with van der Waals surface area (Å²) in [5.41, 5.74) is 4.87. The summed E-state index contributed by atoms with van der Waals surface area (Å²) >= 11 is 5.91. The molecule has 1 atom stereocenters. The van der Waals surface area contributed by atoms with E-state index in [0.29, 0.717) is 16.1 Å². The van der Waals surface area contributed by atoms with Crippen molar-refractivity contribution in [1.82, 2.24) is 0 Å². The molecule has 0 aliphatic heterocycles. The summed E-state index contributed by atoms with van der Waals surface area (Å²) in [6.07, 6.45) is 0.0223. The van der Waals surface area contributed by atoms with Crippen LogP contribution in [0.15, 0.2) is 18.2 Å². The summed E-state index contributed by atoms with van der Waals surface area (Å²) in [6.45, 7) is 1.71. The van der Waals surface area contributed by atoms with Gasteiger partial charge >= 0.3 is 5.97 Å². The van der Waals surface area contributed by atoms with E-state index in [1.165, 1.54) is 0 Å². The van der Waals surface area contributed by atoms with Crippen molar-refractivity contribution in [3.8, 4) is 0 Å². The van der Waals surface area contributed by atoms with Gasteiger partial charge in [0.05, 0.1) is 6.42 Å². The maximum Gasteiger partial charge on any atom is 0.307 e. The Morgan fingerprint density at radius 1 is 1.56 bits per heavy atom. The van der Waals surface area contributed by atoms with Crippen LogP contribution in [0.3, 0.4) is 0 Å². The van der Waals surface area contributed by atoms with Crippen LogP contribution in [0, 0.1) is 0 Å². The molecule has 0 aliphatic rings. The summed E-state index contributed by atoms with van der Waals surface area (Å²) in [5.74, 6) is -1.01. The number of hydrogen-bond acceptors (Lipinski definition) is 3. The smallest absolute Gasteiger partial charge is 0.307 e. The van der Waals surface area contributed by atoms with Crippen LogP contribution in [0.2, 0.25) is 5.02 Å². The van der Waals surface area contributed by atoms with Gasteiger partial charge in [0.15, 0.2) is 0 Å². The average molecular weight is 244 g/mol. The molecule has 0 aliphatic carbocycles. The molecule has 0 saturated heterocycles. The van der Waals surface area contributed by atoms with Crippen LogP contribution in [-0.2, 0) is 16.9 Å². The number of rotatable bonds is 4. The molecule has 1 rings (SSSR count). The summed E-state index contributed by atoms with van der Waals surface area (Å²) in [7, 11) is 0. The molecular weight excluding hydrogens is 230 g/mol. The number of nitrogens with two attached hydrogens (primary N) is 1. The number of aliphatic carboxylic acids is 1. The SMILES string of the molecule is CCC(N)(O)c1cccc(Cl)c1CC(=O)O. The normalized spacial score (nSPS) is 14.5. The number of halogens is 1. The largest absolute Gasteiger partial charge is 0.481 e. The van der Waals surface area contributed by atoms with Gasteiger partial charge in [0.2, 0.25) is 0 Å². The molecule has 5 heteroatoms. The Kier molecular flexibility index (Phi) is 3.91. The van der Waals surface area contributed by atoms with Crippen molar-refractivity contribution in [3.05, 3.63) is 34.3 Å². The number of carboxylic acid groups (broad SMARTS) is 1. The molecule has 0 spiro atoms. The third kappa shape index (κ3) is 2.72. The van der Waals surface area contributed by atoms with Gasteiger partial charge in [0.1, 0.15) is 5.72 Å². The van der Waals surface area contributed by atoms with Gasteiger partial charge in [-0.2, -0.15) is 0 Å². The molecular formula is C11H14ClNO3. The Hall–Kier alpha value is -1.10. The quantitative estimate of drug-likeness (QED) is 0.700. The minimum absolute atomic E-state index is 0.255. The number of aliphatic hydroxyl groups is 1. The van der Waals surface area contributed by atoms with Crippen molar-refractivity contribution in [1.29, 1.82) is 0 Å². The van der Waals surface area contributed by atoms with Gasteiger partial charge in [-0.25, -0.2) is 0 Å². The third-order valence-corrected chi connectivity index (χ3v) is 2.81. The van der Waals surface area contributed by atoms with Crippen molar-refractivity contribution < 1.29 is 15.0 Å². The summed E-state index contributed by atoms with van der Waals surface area (Å²) < 4.78 is 0. The van der Waals surface area contributed by atoms with Crippen molar-refractivity contribution in [2.45, 2.75) is 25.5 Å². The zero-order valence-electron chi connectivity index (χ0n) is 8.90. The fourth-order valence-electron chi connectivity index (χ4n) is 1.49. The van der Waals surface area contributed by atoms with Gasteiger partial charge in [-0.05, 0) is 18.1 Å². The fourth-order valence-corrected chi connectivity index (χ4v) is 1.73. The number of hydrogen-bond donors (Lipinski definition) is 3. The average Bonchev–Trinajstić information content (AvgIpc) is 2.20. The van der Waals surface area contributed by atoms with E-state index in [1.807, 2.05) is 0 Å². The lowest BCUT2D eigenvalue weighted by molar-refractivity contribution is -0.136. The molecule has 0 heterocycles. The lowest BCUT2D eigenvalue weighted by Gasteiger charge is -2.24. The highest BCUT2D eigenvalue weighted by Crippen LogP contribution is 2.28. The minimum atomic E-state index is -1.55. The first-order valence-corrected chi connectivity index (χ1v) is 5.27. The Morgan fingerprint density at radius 3 is 2.69 bits per heavy atom. The molecule has 0 aromatic heterocycles. The summed E-state index contributed by atoms with van der Waals surface area (Å²) in [4.78, 5) is 10.7. The van der Waals surface area contributed by atoms with Crippen LogP contribution in [0.25, 0.3) is 0 Å². The standard InChI is InChI=1S/C11H14ClNO3/c1-2-11(13,16)8-4-3-5-9(12)7(8)6-10(14)15/h3-5,16H,2,6,13H2,1H3,(H,14,15). The molecule has 0 amide bonds. The fraction of sp³-hybridized carbons (Fsp3) is 0.364. The van der Waals surface area contributed by atoms with E-state index in [4.69, 9.17) is 22.4 Å². The summed E-state index contributed by atoms with van der Waals surface area (Å²) in [6, 6.07) is 4.80. The minimum Gasteiger partial charge on any atom is -0.481 e. The molecule has 4 nitrogen and oxygen atoms in total. The zero-order valence-corrected chi connectivity index (χ0v) is 9.66. The van der Waals surface area contributed by atoms with Crippen LogP contribution in [0.5, 0.6) is 0 Å². The predicted molar refractivity (Wildman–Crippen MR) is 61.2 cm³/mol. The first kappa shape index (κ1) is 13.0. The van der Waals surface area contributed by atoms with Crippen molar-refractivity contribution >= 4 is 17.6 Å². The van der Waals surface area contributed by atoms with Crippen LogP contribution in [0.4, 0.5) is 0 Å². The van der Waals surface area contributed by atoms with E-state index < -0.39 is 11.7 Å². The van der Waals surface area contributed by atoms with Crippen LogP contribution in [0.1, 0.15) is 24.5 Å². The molecule has 88 valence electrons. The third-order valence-electron chi connectivity index (χ3n) is 2.45. The van der Waals surface area contributed by atoms with Crippen molar-refractivity contribution in [3.63, 3.8) is 0 Å². The Morgan fingerprint density at radius 2 is 2.19 bits per heavy atom. The Labute approximate surface area is 98.6 Å². The molecule has 4 N–H and O–H groups in total.